The zero-order chi connectivity index (χ0) is 10.1. The minimum absolute atomic E-state index is 0.478. The van der Waals surface area contributed by atoms with Crippen molar-refractivity contribution in [1.82, 2.24) is 0 Å². The summed E-state index contributed by atoms with van der Waals surface area (Å²) in [5.41, 5.74) is 1.50. The van der Waals surface area contributed by atoms with E-state index in [0.29, 0.717) is 10.8 Å². The summed E-state index contributed by atoms with van der Waals surface area (Å²) >= 11 is 1.80. The third kappa shape index (κ3) is 1.52. The van der Waals surface area contributed by atoms with Crippen LogP contribution in [0.25, 0.3) is 0 Å². The Labute approximate surface area is 87.3 Å². The second kappa shape index (κ2) is 3.65. The third-order valence-electron chi connectivity index (χ3n) is 2.54. The second-order valence-electron chi connectivity index (χ2n) is 3.44. The highest BCUT2D eigenvalue weighted by atomic mass is 32.2. The molecular formula is C11H12O2S. The Morgan fingerprint density at radius 1 is 1.64 bits per heavy atom. The van der Waals surface area contributed by atoms with Gasteiger partial charge in [0.25, 0.3) is 0 Å². The van der Waals surface area contributed by atoms with Crippen LogP contribution in [0.15, 0.2) is 23.1 Å². The fourth-order valence-electron chi connectivity index (χ4n) is 1.76. The first-order valence-electron chi connectivity index (χ1n) is 4.74. The molecule has 74 valence electrons. The molecule has 14 heavy (non-hydrogen) atoms. The van der Waals surface area contributed by atoms with Crippen LogP contribution in [0.3, 0.4) is 0 Å². The number of carboxylic acid groups (broad SMARTS) is 1. The molecular weight excluding hydrogens is 196 g/mol. The molecule has 1 aromatic carbocycles. The lowest BCUT2D eigenvalue weighted by molar-refractivity contribution is 0.0695. The Hall–Kier alpha value is -0.960. The first-order valence-corrected chi connectivity index (χ1v) is 5.62. The van der Waals surface area contributed by atoms with Crippen molar-refractivity contribution in [2.24, 2.45) is 0 Å². The lowest BCUT2D eigenvalue weighted by Crippen LogP contribution is -2.04. The molecule has 1 atom stereocenters. The molecule has 2 rings (SSSR count). The number of benzene rings is 1. The molecule has 1 heterocycles. The summed E-state index contributed by atoms with van der Waals surface area (Å²) in [6.07, 6.45) is 2.00. The molecule has 1 N–H and O–H groups in total. The van der Waals surface area contributed by atoms with E-state index < -0.39 is 5.97 Å². The van der Waals surface area contributed by atoms with Crippen molar-refractivity contribution in [2.75, 3.05) is 0 Å². The van der Waals surface area contributed by atoms with Crippen molar-refractivity contribution in [2.45, 2.75) is 29.9 Å². The monoisotopic (exact) mass is 208 g/mol. The topological polar surface area (TPSA) is 37.3 Å². The summed E-state index contributed by atoms with van der Waals surface area (Å²) in [4.78, 5) is 12.1. The van der Waals surface area contributed by atoms with Gasteiger partial charge in [-0.15, -0.1) is 11.8 Å². The first kappa shape index (κ1) is 9.59. The van der Waals surface area contributed by atoms with E-state index in [1.54, 1.807) is 17.8 Å². The van der Waals surface area contributed by atoms with Crippen LogP contribution in [0, 0.1) is 0 Å². The molecule has 0 saturated carbocycles. The van der Waals surface area contributed by atoms with Crippen molar-refractivity contribution in [1.29, 1.82) is 0 Å². The number of fused-ring (bicyclic) bond motifs is 1. The van der Waals surface area contributed by atoms with Crippen LogP contribution in [0.5, 0.6) is 0 Å². The molecule has 0 bridgehead atoms. The van der Waals surface area contributed by atoms with Crippen LogP contribution in [0.4, 0.5) is 0 Å². The van der Waals surface area contributed by atoms with Gasteiger partial charge in [0.05, 0.1) is 5.56 Å². The molecule has 0 spiro atoms. The van der Waals surface area contributed by atoms with E-state index in [2.05, 4.69) is 6.92 Å². The highest BCUT2D eigenvalue weighted by Gasteiger charge is 2.24. The lowest BCUT2D eigenvalue weighted by Gasteiger charge is -2.02. The van der Waals surface area contributed by atoms with E-state index in [1.807, 2.05) is 12.1 Å². The van der Waals surface area contributed by atoms with E-state index in [0.717, 1.165) is 23.3 Å². The van der Waals surface area contributed by atoms with E-state index in [9.17, 15) is 4.79 Å². The molecule has 3 heteroatoms. The number of carboxylic acids is 1. The maximum Gasteiger partial charge on any atom is 0.336 e. The quantitative estimate of drug-likeness (QED) is 0.812. The van der Waals surface area contributed by atoms with Gasteiger partial charge in [-0.1, -0.05) is 13.0 Å². The predicted molar refractivity (Wildman–Crippen MR) is 57.0 cm³/mol. The Kier molecular flexibility index (Phi) is 2.50. The molecule has 0 amide bonds. The highest BCUT2D eigenvalue weighted by molar-refractivity contribution is 8.00. The Balaban J connectivity index is 2.41. The predicted octanol–water partition coefficient (Wildman–Crippen LogP) is 2.81. The number of rotatable bonds is 2. The Morgan fingerprint density at radius 3 is 3.07 bits per heavy atom. The van der Waals surface area contributed by atoms with Gasteiger partial charge in [-0.3, -0.25) is 0 Å². The Bertz CT molecular complexity index is 374. The summed E-state index contributed by atoms with van der Waals surface area (Å²) in [5, 5.41) is 9.56. The van der Waals surface area contributed by atoms with Gasteiger partial charge in [0.1, 0.15) is 0 Å². The van der Waals surface area contributed by atoms with E-state index in [-0.39, 0.29) is 0 Å². The van der Waals surface area contributed by atoms with Crippen molar-refractivity contribution in [3.05, 3.63) is 29.3 Å². The summed E-state index contributed by atoms with van der Waals surface area (Å²) in [5.74, 6) is -0.806. The summed E-state index contributed by atoms with van der Waals surface area (Å²) in [7, 11) is 0. The van der Waals surface area contributed by atoms with Gasteiger partial charge in [-0.25, -0.2) is 4.79 Å². The number of hydrogen-bond donors (Lipinski definition) is 1. The molecule has 1 aliphatic heterocycles. The van der Waals surface area contributed by atoms with Gasteiger partial charge in [0, 0.05) is 10.1 Å². The Morgan fingerprint density at radius 2 is 2.43 bits per heavy atom. The molecule has 0 aliphatic carbocycles. The summed E-state index contributed by atoms with van der Waals surface area (Å²) in [6.45, 7) is 2.14. The zero-order valence-electron chi connectivity index (χ0n) is 7.99. The van der Waals surface area contributed by atoms with Gasteiger partial charge in [-0.05, 0) is 30.5 Å². The van der Waals surface area contributed by atoms with Crippen LogP contribution < -0.4 is 0 Å². The second-order valence-corrected chi connectivity index (χ2v) is 4.78. The molecule has 1 aromatic rings. The van der Waals surface area contributed by atoms with Crippen LogP contribution in [-0.4, -0.2) is 16.3 Å². The van der Waals surface area contributed by atoms with Crippen molar-refractivity contribution in [3.8, 4) is 0 Å². The molecule has 0 fully saturated rings. The smallest absolute Gasteiger partial charge is 0.336 e. The number of aromatic carboxylic acids is 1. The van der Waals surface area contributed by atoms with Gasteiger partial charge in [0.15, 0.2) is 0 Å². The van der Waals surface area contributed by atoms with Gasteiger partial charge in [0.2, 0.25) is 0 Å². The molecule has 2 nitrogen and oxygen atoms in total. The fraction of sp³-hybridized carbons (Fsp3) is 0.364. The van der Waals surface area contributed by atoms with Crippen molar-refractivity contribution >= 4 is 17.7 Å². The third-order valence-corrected chi connectivity index (χ3v) is 4.01. The number of hydrogen-bond acceptors (Lipinski definition) is 2. The SMILES string of the molecule is CCC1Cc2c(cccc2C(=O)O)S1. The standard InChI is InChI=1S/C11H12O2S/c1-2-7-6-9-8(11(12)13)4-3-5-10(9)14-7/h3-5,7H,2,6H2,1H3,(H,12,13). The maximum atomic E-state index is 10.9. The first-order chi connectivity index (χ1) is 6.72. The minimum atomic E-state index is -0.806. The van der Waals surface area contributed by atoms with Crippen LogP contribution >= 0.6 is 11.8 Å². The van der Waals surface area contributed by atoms with Crippen molar-refractivity contribution in [3.63, 3.8) is 0 Å². The molecule has 0 saturated heterocycles. The van der Waals surface area contributed by atoms with Gasteiger partial charge < -0.3 is 5.11 Å². The lowest BCUT2D eigenvalue weighted by atomic mass is 10.0. The molecule has 0 radical (unpaired) electrons. The zero-order valence-corrected chi connectivity index (χ0v) is 8.80. The average Bonchev–Trinajstić information content (AvgIpc) is 2.59. The van der Waals surface area contributed by atoms with Gasteiger partial charge >= 0.3 is 5.97 Å². The molecule has 0 aromatic heterocycles. The maximum absolute atomic E-state index is 10.9. The van der Waals surface area contributed by atoms with Crippen LogP contribution in [-0.2, 0) is 6.42 Å². The normalized spacial score (nSPS) is 19.4. The average molecular weight is 208 g/mol. The summed E-state index contributed by atoms with van der Waals surface area (Å²) in [6, 6.07) is 5.54. The van der Waals surface area contributed by atoms with E-state index in [4.69, 9.17) is 5.11 Å². The minimum Gasteiger partial charge on any atom is -0.478 e. The van der Waals surface area contributed by atoms with Crippen molar-refractivity contribution < 1.29 is 9.90 Å². The molecule has 1 unspecified atom stereocenters. The molecule has 1 aliphatic rings. The largest absolute Gasteiger partial charge is 0.478 e. The highest BCUT2D eigenvalue weighted by Crippen LogP contribution is 2.39. The van der Waals surface area contributed by atoms with Crippen LogP contribution in [0.1, 0.15) is 29.3 Å². The van der Waals surface area contributed by atoms with E-state index >= 15 is 0 Å². The number of thioether (sulfide) groups is 1. The number of carbonyl (C=O) groups is 1. The van der Waals surface area contributed by atoms with Crippen LogP contribution in [0.2, 0.25) is 0 Å². The van der Waals surface area contributed by atoms with E-state index in [1.165, 1.54) is 0 Å². The summed E-state index contributed by atoms with van der Waals surface area (Å²) < 4.78 is 0. The van der Waals surface area contributed by atoms with Gasteiger partial charge in [-0.2, -0.15) is 0 Å². The fourth-order valence-corrected chi connectivity index (χ4v) is 3.03.